The lowest BCUT2D eigenvalue weighted by atomic mass is 10.2. The van der Waals surface area contributed by atoms with E-state index in [9.17, 15) is 4.79 Å². The number of nitrogens with zero attached hydrogens (tertiary/aromatic N) is 3. The second-order valence-electron chi connectivity index (χ2n) is 4.53. The van der Waals surface area contributed by atoms with E-state index in [1.807, 2.05) is 33.0 Å². The lowest BCUT2D eigenvalue weighted by Crippen LogP contribution is -2.25. The molecule has 2 N–H and O–H groups in total. The van der Waals surface area contributed by atoms with E-state index in [2.05, 4.69) is 20.7 Å². The predicted octanol–water partition coefficient (Wildman–Crippen LogP) is 1.49. The first kappa shape index (κ1) is 14.0. The Kier molecular flexibility index (Phi) is 4.34. The summed E-state index contributed by atoms with van der Waals surface area (Å²) in [7, 11) is 1.85. The van der Waals surface area contributed by atoms with Gasteiger partial charge in [0.05, 0.1) is 23.5 Å². The fourth-order valence-electron chi connectivity index (χ4n) is 1.92. The van der Waals surface area contributed by atoms with Gasteiger partial charge in [-0.25, -0.2) is 0 Å². The van der Waals surface area contributed by atoms with Crippen LogP contribution in [0.4, 0.5) is 5.69 Å². The quantitative estimate of drug-likeness (QED) is 0.865. The van der Waals surface area contributed by atoms with Crippen LogP contribution in [0.2, 0.25) is 0 Å². The van der Waals surface area contributed by atoms with Gasteiger partial charge in [-0.1, -0.05) is 0 Å². The van der Waals surface area contributed by atoms with Crippen molar-refractivity contribution in [1.29, 1.82) is 0 Å². The van der Waals surface area contributed by atoms with Crippen molar-refractivity contribution in [1.82, 2.24) is 20.1 Å². The first-order valence-corrected chi connectivity index (χ1v) is 6.57. The number of carbonyl (C=O) groups excluding carboxylic acids is 1. The molecule has 0 aliphatic rings. The molecule has 0 aliphatic heterocycles. The molecule has 106 valence electrons. The maximum absolute atomic E-state index is 12.2. The first-order valence-electron chi connectivity index (χ1n) is 6.57. The van der Waals surface area contributed by atoms with Gasteiger partial charge in [-0.05, 0) is 26.0 Å². The maximum atomic E-state index is 12.2. The minimum Gasteiger partial charge on any atom is -0.385 e. The highest BCUT2D eigenvalue weighted by atomic mass is 16.1. The van der Waals surface area contributed by atoms with E-state index >= 15 is 0 Å². The number of aromatic nitrogens is 3. The fourth-order valence-corrected chi connectivity index (χ4v) is 1.92. The van der Waals surface area contributed by atoms with Gasteiger partial charge >= 0.3 is 0 Å². The van der Waals surface area contributed by atoms with E-state index < -0.39 is 0 Å². The summed E-state index contributed by atoms with van der Waals surface area (Å²) in [4.78, 5) is 16.4. The van der Waals surface area contributed by atoms with Crippen molar-refractivity contribution in [3.05, 3.63) is 41.5 Å². The highest BCUT2D eigenvalue weighted by Gasteiger charge is 2.12. The molecular formula is C14H19N5O. The molecule has 2 aromatic heterocycles. The summed E-state index contributed by atoms with van der Waals surface area (Å²) in [5, 5.41) is 10.1. The minimum atomic E-state index is -0.144. The van der Waals surface area contributed by atoms with Crippen LogP contribution in [0.5, 0.6) is 0 Å². The molecule has 0 radical (unpaired) electrons. The number of hydrogen-bond donors (Lipinski definition) is 2. The molecule has 0 unspecified atom stereocenters. The third-order valence-electron chi connectivity index (χ3n) is 3.01. The Morgan fingerprint density at radius 3 is 2.90 bits per heavy atom. The second kappa shape index (κ2) is 6.18. The number of hydrogen-bond acceptors (Lipinski definition) is 4. The summed E-state index contributed by atoms with van der Waals surface area (Å²) in [5.41, 5.74) is 3.19. The van der Waals surface area contributed by atoms with E-state index in [0.717, 1.165) is 23.6 Å². The Balaban J connectivity index is 2.11. The molecular weight excluding hydrogens is 254 g/mol. The largest absolute Gasteiger partial charge is 0.385 e. The molecule has 0 spiro atoms. The molecule has 1 amide bonds. The number of rotatable bonds is 5. The lowest BCUT2D eigenvalue weighted by Gasteiger charge is -2.11. The number of aryl methyl sites for hydroxylation is 2. The predicted molar refractivity (Wildman–Crippen MR) is 77.5 cm³/mol. The zero-order valence-electron chi connectivity index (χ0n) is 12.0. The Hall–Kier alpha value is -2.37. The minimum absolute atomic E-state index is 0.144. The van der Waals surface area contributed by atoms with Gasteiger partial charge in [0.25, 0.3) is 5.91 Å². The zero-order valence-corrected chi connectivity index (χ0v) is 12.0. The molecule has 0 saturated heterocycles. The van der Waals surface area contributed by atoms with Crippen LogP contribution < -0.4 is 10.6 Å². The molecule has 2 rings (SSSR count). The highest BCUT2D eigenvalue weighted by molar-refractivity contribution is 5.99. The van der Waals surface area contributed by atoms with Crippen molar-refractivity contribution in [2.75, 3.05) is 11.9 Å². The van der Waals surface area contributed by atoms with E-state index in [1.165, 1.54) is 0 Å². The summed E-state index contributed by atoms with van der Waals surface area (Å²) >= 11 is 0. The Morgan fingerprint density at radius 1 is 1.45 bits per heavy atom. The van der Waals surface area contributed by atoms with Crippen molar-refractivity contribution < 1.29 is 4.79 Å². The number of pyridine rings is 1. The molecule has 20 heavy (non-hydrogen) atoms. The molecule has 6 heteroatoms. The summed E-state index contributed by atoms with van der Waals surface area (Å²) < 4.78 is 1.73. The topological polar surface area (TPSA) is 71.8 Å². The van der Waals surface area contributed by atoms with Crippen LogP contribution in [0.1, 0.15) is 28.7 Å². The molecule has 0 fully saturated rings. The monoisotopic (exact) mass is 273 g/mol. The standard InChI is InChI=1S/C14H19N5O/c1-4-15-13-7-10(2)16-9-12(13)14(20)17-8-11-5-6-18-19(11)3/h5-7,9H,4,8H2,1-3H3,(H,15,16)(H,17,20). The average molecular weight is 273 g/mol. The zero-order chi connectivity index (χ0) is 14.5. The van der Waals surface area contributed by atoms with Crippen LogP contribution in [0.25, 0.3) is 0 Å². The average Bonchev–Trinajstić information content (AvgIpc) is 2.82. The van der Waals surface area contributed by atoms with Gasteiger partial charge in [-0.2, -0.15) is 5.10 Å². The van der Waals surface area contributed by atoms with Crippen molar-refractivity contribution in [2.24, 2.45) is 7.05 Å². The van der Waals surface area contributed by atoms with E-state index in [4.69, 9.17) is 0 Å². The molecule has 2 aromatic rings. The van der Waals surface area contributed by atoms with Gasteiger partial charge < -0.3 is 10.6 Å². The van der Waals surface area contributed by atoms with E-state index in [0.29, 0.717) is 12.1 Å². The van der Waals surface area contributed by atoms with Gasteiger partial charge in [-0.15, -0.1) is 0 Å². The number of carbonyl (C=O) groups is 1. The van der Waals surface area contributed by atoms with Crippen molar-refractivity contribution in [3.63, 3.8) is 0 Å². The van der Waals surface area contributed by atoms with Gasteiger partial charge in [-0.3, -0.25) is 14.5 Å². The number of nitrogens with one attached hydrogen (secondary N) is 2. The molecule has 0 aromatic carbocycles. The molecule has 0 saturated carbocycles. The Bertz CT molecular complexity index is 605. The second-order valence-corrected chi connectivity index (χ2v) is 4.53. The fraction of sp³-hybridized carbons (Fsp3) is 0.357. The van der Waals surface area contributed by atoms with Gasteiger partial charge in [0, 0.05) is 31.7 Å². The van der Waals surface area contributed by atoms with E-state index in [1.54, 1.807) is 17.1 Å². The van der Waals surface area contributed by atoms with Crippen LogP contribution in [-0.2, 0) is 13.6 Å². The van der Waals surface area contributed by atoms with Crippen molar-refractivity contribution in [3.8, 4) is 0 Å². The third kappa shape index (κ3) is 3.14. The van der Waals surface area contributed by atoms with Crippen LogP contribution in [0.15, 0.2) is 24.5 Å². The molecule has 0 atom stereocenters. The van der Waals surface area contributed by atoms with Gasteiger partial charge in [0.15, 0.2) is 0 Å². The van der Waals surface area contributed by atoms with E-state index in [-0.39, 0.29) is 5.91 Å². The highest BCUT2D eigenvalue weighted by Crippen LogP contribution is 2.15. The molecule has 6 nitrogen and oxygen atoms in total. The van der Waals surface area contributed by atoms with Crippen LogP contribution in [0.3, 0.4) is 0 Å². The first-order chi connectivity index (χ1) is 9.61. The van der Waals surface area contributed by atoms with Crippen LogP contribution in [-0.4, -0.2) is 27.2 Å². The molecule has 0 bridgehead atoms. The Labute approximate surface area is 118 Å². The van der Waals surface area contributed by atoms with Crippen molar-refractivity contribution >= 4 is 11.6 Å². The van der Waals surface area contributed by atoms with Crippen LogP contribution in [0, 0.1) is 6.92 Å². The normalized spacial score (nSPS) is 10.3. The summed E-state index contributed by atoms with van der Waals surface area (Å²) in [6, 6.07) is 3.75. The summed E-state index contributed by atoms with van der Waals surface area (Å²) in [6.07, 6.45) is 3.31. The van der Waals surface area contributed by atoms with Gasteiger partial charge in [0.2, 0.25) is 0 Å². The van der Waals surface area contributed by atoms with Crippen LogP contribution >= 0.6 is 0 Å². The molecule has 0 aliphatic carbocycles. The summed E-state index contributed by atoms with van der Waals surface area (Å²) in [5.74, 6) is -0.144. The smallest absolute Gasteiger partial charge is 0.255 e. The summed E-state index contributed by atoms with van der Waals surface area (Å²) in [6.45, 7) is 5.09. The third-order valence-corrected chi connectivity index (χ3v) is 3.01. The number of anilines is 1. The molecule has 2 heterocycles. The lowest BCUT2D eigenvalue weighted by molar-refractivity contribution is 0.0950. The SMILES string of the molecule is CCNc1cc(C)ncc1C(=O)NCc1ccnn1C. The number of amides is 1. The Morgan fingerprint density at radius 2 is 2.25 bits per heavy atom. The maximum Gasteiger partial charge on any atom is 0.255 e. The van der Waals surface area contributed by atoms with Crippen molar-refractivity contribution in [2.45, 2.75) is 20.4 Å². The van der Waals surface area contributed by atoms with Gasteiger partial charge in [0.1, 0.15) is 0 Å².